The summed E-state index contributed by atoms with van der Waals surface area (Å²) in [6.45, 7) is 6.66. The first-order valence-corrected chi connectivity index (χ1v) is 10.4. The normalized spacial score (nSPS) is 15.1. The lowest BCUT2D eigenvalue weighted by Gasteiger charge is -2.13. The molecule has 0 aliphatic carbocycles. The van der Waals surface area contributed by atoms with Gasteiger partial charge in [-0.05, 0) is 38.7 Å². The van der Waals surface area contributed by atoms with Crippen LogP contribution in [0.4, 0.5) is 0 Å². The monoisotopic (exact) mass is 390 g/mol. The van der Waals surface area contributed by atoms with Crippen molar-refractivity contribution in [2.45, 2.75) is 65.5 Å². The Morgan fingerprint density at radius 3 is 2.81 bits per heavy atom. The van der Waals surface area contributed by atoms with E-state index in [1.807, 2.05) is 6.92 Å². The molecule has 2 aromatic rings. The van der Waals surface area contributed by atoms with Gasteiger partial charge in [-0.2, -0.15) is 0 Å². The van der Waals surface area contributed by atoms with Gasteiger partial charge in [-0.25, -0.2) is 4.98 Å². The molecule has 0 aromatic carbocycles. The predicted octanol–water partition coefficient (Wildman–Crippen LogP) is 2.14. The summed E-state index contributed by atoms with van der Waals surface area (Å²) in [5.41, 5.74) is 0.587. The molecule has 8 heteroatoms. The lowest BCUT2D eigenvalue weighted by atomic mass is 10.2. The van der Waals surface area contributed by atoms with Crippen LogP contribution >= 0.6 is 11.3 Å². The zero-order chi connectivity index (χ0) is 19.6. The van der Waals surface area contributed by atoms with E-state index in [1.165, 1.54) is 11.3 Å². The number of fused-ring (bicyclic) bond motifs is 2. The van der Waals surface area contributed by atoms with E-state index in [1.54, 1.807) is 18.4 Å². The van der Waals surface area contributed by atoms with E-state index in [0.29, 0.717) is 33.7 Å². The van der Waals surface area contributed by atoms with Crippen LogP contribution in [0.5, 0.6) is 0 Å². The molecule has 0 saturated heterocycles. The summed E-state index contributed by atoms with van der Waals surface area (Å²) in [7, 11) is 0. The first-order valence-electron chi connectivity index (χ1n) is 9.55. The highest BCUT2D eigenvalue weighted by molar-refractivity contribution is 7.20. The number of rotatable bonds is 5. The van der Waals surface area contributed by atoms with Crippen molar-refractivity contribution in [3.05, 3.63) is 26.6 Å². The molecule has 0 unspecified atom stereocenters. The fraction of sp³-hybridized carbons (Fsp3) is 0.579. The third-order valence-electron chi connectivity index (χ3n) is 4.91. The number of aryl methyl sites for hydroxylation is 2. The third kappa shape index (κ3) is 3.90. The molecule has 0 spiro atoms. The Morgan fingerprint density at radius 2 is 2.07 bits per heavy atom. The van der Waals surface area contributed by atoms with E-state index in [9.17, 15) is 14.4 Å². The second-order valence-electron chi connectivity index (χ2n) is 7.02. The summed E-state index contributed by atoms with van der Waals surface area (Å²) < 4.78 is 1.76. The largest absolute Gasteiger partial charge is 0.354 e. The Kier molecular flexibility index (Phi) is 5.94. The summed E-state index contributed by atoms with van der Waals surface area (Å²) in [5, 5.41) is 6.02. The molecule has 0 radical (unpaired) electrons. The molecule has 3 rings (SSSR count). The first-order chi connectivity index (χ1) is 12.9. The van der Waals surface area contributed by atoms with Crippen molar-refractivity contribution in [2.75, 3.05) is 6.54 Å². The maximum Gasteiger partial charge on any atom is 0.262 e. The molecule has 146 valence electrons. The molecule has 2 aromatic heterocycles. The number of hydrogen-bond donors (Lipinski definition) is 2. The van der Waals surface area contributed by atoms with Crippen LogP contribution in [0.25, 0.3) is 10.2 Å². The maximum atomic E-state index is 13.0. The molecule has 27 heavy (non-hydrogen) atoms. The number of aromatic nitrogens is 2. The summed E-state index contributed by atoms with van der Waals surface area (Å²) >= 11 is 1.23. The predicted molar refractivity (Wildman–Crippen MR) is 106 cm³/mol. The van der Waals surface area contributed by atoms with Gasteiger partial charge in [0.2, 0.25) is 5.91 Å². The summed E-state index contributed by atoms with van der Waals surface area (Å²) in [4.78, 5) is 43.4. The average Bonchev–Trinajstić information content (AvgIpc) is 2.81. The van der Waals surface area contributed by atoms with E-state index in [0.717, 1.165) is 37.9 Å². The van der Waals surface area contributed by atoms with Gasteiger partial charge in [-0.3, -0.25) is 19.0 Å². The van der Waals surface area contributed by atoms with Gasteiger partial charge in [-0.15, -0.1) is 11.3 Å². The van der Waals surface area contributed by atoms with Crippen LogP contribution in [0.15, 0.2) is 4.79 Å². The molecule has 0 bridgehead atoms. The average molecular weight is 391 g/mol. The lowest BCUT2D eigenvalue weighted by molar-refractivity contribution is -0.122. The number of nitrogens with one attached hydrogen (secondary N) is 2. The van der Waals surface area contributed by atoms with E-state index in [-0.39, 0.29) is 17.4 Å². The Bertz CT molecular complexity index is 931. The van der Waals surface area contributed by atoms with E-state index in [2.05, 4.69) is 15.6 Å². The topological polar surface area (TPSA) is 93.1 Å². The van der Waals surface area contributed by atoms with Crippen molar-refractivity contribution in [1.82, 2.24) is 20.2 Å². The highest BCUT2D eigenvalue weighted by Crippen LogP contribution is 2.28. The van der Waals surface area contributed by atoms with Crippen molar-refractivity contribution in [2.24, 2.45) is 0 Å². The van der Waals surface area contributed by atoms with Gasteiger partial charge in [0.1, 0.15) is 16.7 Å². The van der Waals surface area contributed by atoms with Gasteiger partial charge in [-0.1, -0.05) is 13.3 Å². The number of carbonyl (C=O) groups excluding carboxylic acids is 2. The summed E-state index contributed by atoms with van der Waals surface area (Å²) in [6, 6.07) is -0.639. The third-order valence-corrected chi connectivity index (χ3v) is 6.09. The molecule has 1 atom stereocenters. The molecule has 0 fully saturated rings. The van der Waals surface area contributed by atoms with Crippen LogP contribution in [0.2, 0.25) is 0 Å². The number of hydrogen-bond acceptors (Lipinski definition) is 5. The lowest BCUT2D eigenvalue weighted by Crippen LogP contribution is -2.44. The second kappa shape index (κ2) is 8.21. The number of carbonyl (C=O) groups is 2. The molecule has 1 aliphatic heterocycles. The van der Waals surface area contributed by atoms with Gasteiger partial charge in [0.05, 0.1) is 10.3 Å². The smallest absolute Gasteiger partial charge is 0.262 e. The Balaban J connectivity index is 1.90. The molecule has 2 N–H and O–H groups in total. The van der Waals surface area contributed by atoms with Crippen molar-refractivity contribution in [1.29, 1.82) is 0 Å². The van der Waals surface area contributed by atoms with Crippen molar-refractivity contribution in [3.8, 4) is 0 Å². The van der Waals surface area contributed by atoms with Crippen LogP contribution in [0, 0.1) is 6.92 Å². The fourth-order valence-electron chi connectivity index (χ4n) is 3.36. The van der Waals surface area contributed by atoms with Gasteiger partial charge in [0.25, 0.3) is 11.5 Å². The maximum absolute atomic E-state index is 13.0. The van der Waals surface area contributed by atoms with Gasteiger partial charge < -0.3 is 10.6 Å². The SMILES string of the molecule is CCCNC(=O)[C@H](C)NC(=O)c1sc2nc3n(c(=O)c2c1C)CCCCC3. The standard InChI is InChI=1S/C19H26N4O3S/c1-4-9-20-16(24)12(3)21-17(25)15-11(2)14-18(27-15)22-13-8-6-5-7-10-23(13)19(14)26/h12H,4-10H2,1-3H3,(H,20,24)(H,21,25)/t12-/m0/s1. The fourth-order valence-corrected chi connectivity index (χ4v) is 4.45. The minimum Gasteiger partial charge on any atom is -0.354 e. The molecular formula is C19H26N4O3S. The molecule has 7 nitrogen and oxygen atoms in total. The highest BCUT2D eigenvalue weighted by atomic mass is 32.1. The molecule has 1 aliphatic rings. The number of amides is 2. The second-order valence-corrected chi connectivity index (χ2v) is 8.02. The van der Waals surface area contributed by atoms with Crippen LogP contribution in [0.1, 0.15) is 60.6 Å². The summed E-state index contributed by atoms with van der Waals surface area (Å²) in [6.07, 6.45) is 4.72. The van der Waals surface area contributed by atoms with Gasteiger partial charge >= 0.3 is 0 Å². The first kappa shape index (κ1) is 19.5. The van der Waals surface area contributed by atoms with Gasteiger partial charge in [0.15, 0.2) is 0 Å². The van der Waals surface area contributed by atoms with Crippen LogP contribution in [0.3, 0.4) is 0 Å². The molecule has 3 heterocycles. The minimum atomic E-state index is -0.639. The van der Waals surface area contributed by atoms with E-state index in [4.69, 9.17) is 0 Å². The Morgan fingerprint density at radius 1 is 1.30 bits per heavy atom. The minimum absolute atomic E-state index is 0.0570. The summed E-state index contributed by atoms with van der Waals surface area (Å²) in [5.74, 6) is 0.258. The molecular weight excluding hydrogens is 364 g/mol. The Hall–Kier alpha value is -2.22. The quantitative estimate of drug-likeness (QED) is 0.818. The number of nitrogens with zero attached hydrogens (tertiary/aromatic N) is 2. The van der Waals surface area contributed by atoms with E-state index < -0.39 is 6.04 Å². The molecule has 2 amide bonds. The number of thiophene rings is 1. The zero-order valence-corrected chi connectivity index (χ0v) is 16.9. The van der Waals surface area contributed by atoms with Gasteiger partial charge in [0, 0.05) is 19.5 Å². The van der Waals surface area contributed by atoms with Crippen LogP contribution < -0.4 is 16.2 Å². The highest BCUT2D eigenvalue weighted by Gasteiger charge is 2.24. The van der Waals surface area contributed by atoms with Crippen molar-refractivity contribution >= 4 is 33.4 Å². The van der Waals surface area contributed by atoms with E-state index >= 15 is 0 Å². The van der Waals surface area contributed by atoms with Crippen molar-refractivity contribution in [3.63, 3.8) is 0 Å². The Labute approximate surface area is 162 Å². The van der Waals surface area contributed by atoms with Crippen LogP contribution in [-0.2, 0) is 17.8 Å². The zero-order valence-electron chi connectivity index (χ0n) is 16.1. The van der Waals surface area contributed by atoms with Crippen LogP contribution in [-0.4, -0.2) is 34.0 Å². The van der Waals surface area contributed by atoms with Crippen molar-refractivity contribution < 1.29 is 9.59 Å². The molecule has 0 saturated carbocycles.